The molecule has 22 heteroatoms. The van der Waals surface area contributed by atoms with Crippen molar-refractivity contribution >= 4 is 38.4 Å². The number of likely N-dealkylation sites (tertiary alicyclic amines) is 1. The highest BCUT2D eigenvalue weighted by Crippen LogP contribution is 2.40. The molecule has 302 valence electrons. The first-order chi connectivity index (χ1) is 24.6. The van der Waals surface area contributed by atoms with Crippen LogP contribution in [0, 0.1) is 10.1 Å². The Labute approximate surface area is 316 Å². The molecule has 0 spiro atoms. The molecule has 0 amide bonds. The summed E-state index contributed by atoms with van der Waals surface area (Å²) in [4.78, 5) is 40.4. The average molecular weight is 815 g/mol. The molecular weight excluding hydrogens is 773 g/mol. The zero-order chi connectivity index (χ0) is 39.7. The summed E-state index contributed by atoms with van der Waals surface area (Å²) < 4.78 is 74.6. The highest BCUT2D eigenvalue weighted by molar-refractivity contribution is 7.80. The van der Waals surface area contributed by atoms with Gasteiger partial charge in [-0.2, -0.15) is 16.8 Å². The van der Waals surface area contributed by atoms with E-state index in [2.05, 4.69) is 34.5 Å². The molecular formula is C33H42N4O16S2. The van der Waals surface area contributed by atoms with Crippen LogP contribution in [-0.2, 0) is 39.9 Å². The molecule has 5 rings (SSSR count). The Hall–Kier alpha value is -5.30. The number of nitrogens with two attached hydrogens (primary N) is 1. The van der Waals surface area contributed by atoms with Gasteiger partial charge in [-0.3, -0.25) is 33.2 Å². The topological polar surface area (TPSA) is 349 Å². The van der Waals surface area contributed by atoms with E-state index in [4.69, 9.17) is 50.3 Å². The highest BCUT2D eigenvalue weighted by Gasteiger charge is 2.42. The van der Waals surface area contributed by atoms with Crippen LogP contribution in [0.5, 0.6) is 0 Å². The third-order valence-electron chi connectivity index (χ3n) is 7.54. The number of nitro groups is 1. The predicted octanol–water partition coefficient (Wildman–Crippen LogP) is 1.74. The Kier molecular flexibility index (Phi) is 17.7. The van der Waals surface area contributed by atoms with E-state index in [-0.39, 0.29) is 39.6 Å². The first kappa shape index (κ1) is 47.7. The van der Waals surface area contributed by atoms with Crippen molar-refractivity contribution in [2.45, 2.75) is 44.9 Å². The second-order valence-corrected chi connectivity index (χ2v) is 13.6. The van der Waals surface area contributed by atoms with Gasteiger partial charge in [-0.1, -0.05) is 72.8 Å². The van der Waals surface area contributed by atoms with Crippen LogP contribution in [-0.4, -0.2) is 93.1 Å². The lowest BCUT2D eigenvalue weighted by molar-refractivity contribution is -0.384. The molecule has 0 bridgehead atoms. The summed E-state index contributed by atoms with van der Waals surface area (Å²) in [6.07, 6.45) is -0.855. The van der Waals surface area contributed by atoms with Gasteiger partial charge in [0.25, 0.3) is 5.69 Å². The molecule has 11 N–H and O–H groups in total. The van der Waals surface area contributed by atoms with Crippen molar-refractivity contribution in [1.29, 1.82) is 0 Å². The number of nitrogens with one attached hydrogen (secondary N) is 1. The molecule has 1 fully saturated rings. The number of nitrogens with zero attached hydrogens (tertiary/aromatic N) is 2. The molecule has 3 aromatic carbocycles. The number of carbonyl (C=O) groups is 2. The molecule has 0 aliphatic carbocycles. The van der Waals surface area contributed by atoms with Crippen LogP contribution in [0.2, 0.25) is 0 Å². The number of allylic oxidation sites excluding steroid dienone is 1. The molecule has 0 unspecified atom stereocenters. The molecule has 55 heavy (non-hydrogen) atoms. The number of hydrogen-bond donors (Lipinski definition) is 6. The van der Waals surface area contributed by atoms with Crippen molar-refractivity contribution in [2.75, 3.05) is 13.1 Å². The maximum absolute atomic E-state index is 13.8. The summed E-state index contributed by atoms with van der Waals surface area (Å²) in [5, 5.41) is 14.5. The molecule has 2 heterocycles. The predicted molar refractivity (Wildman–Crippen MR) is 196 cm³/mol. The summed E-state index contributed by atoms with van der Waals surface area (Å²) >= 11 is 0. The third-order valence-corrected chi connectivity index (χ3v) is 7.54. The average Bonchev–Trinajstić information content (AvgIpc) is 3.02. The van der Waals surface area contributed by atoms with E-state index in [1.165, 1.54) is 18.2 Å². The number of benzene rings is 3. The second kappa shape index (κ2) is 20.4. The number of rotatable bonds is 9. The molecule has 0 aromatic heterocycles. The number of carbonyl (C=O) groups excluding carboxylic acids is 2. The van der Waals surface area contributed by atoms with E-state index in [0.29, 0.717) is 24.4 Å². The molecule has 0 radical (unpaired) electrons. The lowest BCUT2D eigenvalue weighted by Gasteiger charge is -2.44. The number of dihydropyridines is 1. The van der Waals surface area contributed by atoms with Crippen molar-refractivity contribution in [3.63, 3.8) is 0 Å². The Morgan fingerprint density at radius 2 is 1.31 bits per heavy atom. The fourth-order valence-corrected chi connectivity index (χ4v) is 5.64. The van der Waals surface area contributed by atoms with E-state index in [9.17, 15) is 19.7 Å². The Morgan fingerprint density at radius 1 is 0.836 bits per heavy atom. The van der Waals surface area contributed by atoms with Gasteiger partial charge in [0.05, 0.1) is 34.1 Å². The SMILES string of the molecule is CC1=C(C(=O)OC(C)C)[C@@H](c2cccc([N+](=O)[O-])c2)C(C(=O)OC2CN(C(c3ccccc3)c3ccccc3)C2)=C(N)N1.O.O.O=S(=O)(O)O.O=S(=O)(O)O. The van der Waals surface area contributed by atoms with Gasteiger partial charge in [0.15, 0.2) is 0 Å². The fraction of sp³-hybridized carbons (Fsp3) is 0.273. The van der Waals surface area contributed by atoms with Crippen LogP contribution in [0.25, 0.3) is 0 Å². The van der Waals surface area contributed by atoms with Gasteiger partial charge in [0.1, 0.15) is 11.9 Å². The van der Waals surface area contributed by atoms with Crippen LogP contribution in [0.15, 0.2) is 108 Å². The van der Waals surface area contributed by atoms with Crippen LogP contribution in [0.1, 0.15) is 49.4 Å². The van der Waals surface area contributed by atoms with Gasteiger partial charge >= 0.3 is 32.7 Å². The Balaban J connectivity index is 0.00000112. The van der Waals surface area contributed by atoms with Crippen molar-refractivity contribution in [1.82, 2.24) is 10.2 Å². The third kappa shape index (κ3) is 14.8. The number of nitro benzene ring substituents is 1. The maximum atomic E-state index is 13.8. The molecule has 0 saturated carbocycles. The van der Waals surface area contributed by atoms with Crippen molar-refractivity contribution in [3.8, 4) is 0 Å². The van der Waals surface area contributed by atoms with Crippen LogP contribution in [0.4, 0.5) is 5.69 Å². The van der Waals surface area contributed by atoms with Gasteiger partial charge in [0.2, 0.25) is 0 Å². The minimum Gasteiger partial charge on any atom is -0.460 e. The highest BCUT2D eigenvalue weighted by atomic mass is 32.3. The second-order valence-electron chi connectivity index (χ2n) is 11.8. The van der Waals surface area contributed by atoms with Gasteiger partial charge in [-0.05, 0) is 37.5 Å². The van der Waals surface area contributed by atoms with Crippen molar-refractivity contribution in [2.24, 2.45) is 5.73 Å². The molecule has 3 aromatic rings. The maximum Gasteiger partial charge on any atom is 0.394 e. The Morgan fingerprint density at radius 3 is 1.75 bits per heavy atom. The summed E-state index contributed by atoms with van der Waals surface area (Å²) in [5.74, 6) is -2.37. The summed E-state index contributed by atoms with van der Waals surface area (Å²) in [6, 6.07) is 26.0. The molecule has 1 atom stereocenters. The van der Waals surface area contributed by atoms with Crippen molar-refractivity contribution in [3.05, 3.63) is 134 Å². The van der Waals surface area contributed by atoms with Gasteiger partial charge < -0.3 is 31.5 Å². The number of hydrogen-bond acceptors (Lipinski definition) is 13. The lowest BCUT2D eigenvalue weighted by atomic mass is 9.81. The molecule has 2 aliphatic heterocycles. The van der Waals surface area contributed by atoms with Gasteiger partial charge in [0, 0.05) is 30.9 Å². The van der Waals surface area contributed by atoms with Crippen molar-refractivity contribution < 1.29 is 70.0 Å². The zero-order valence-electron chi connectivity index (χ0n) is 29.5. The number of esters is 2. The molecule has 20 nitrogen and oxygen atoms in total. The van der Waals surface area contributed by atoms with E-state index in [1.54, 1.807) is 26.8 Å². The fourth-order valence-electron chi connectivity index (χ4n) is 5.64. The Bertz CT molecular complexity index is 1990. The zero-order valence-corrected chi connectivity index (χ0v) is 31.1. The first-order valence-electron chi connectivity index (χ1n) is 15.5. The van der Waals surface area contributed by atoms with E-state index in [1.807, 2.05) is 36.4 Å². The van der Waals surface area contributed by atoms with E-state index < -0.39 is 55.8 Å². The normalized spacial score (nSPS) is 15.8. The van der Waals surface area contributed by atoms with Crippen LogP contribution < -0.4 is 11.1 Å². The summed E-state index contributed by atoms with van der Waals surface area (Å²) in [7, 11) is -9.33. The largest absolute Gasteiger partial charge is 0.460 e. The van der Waals surface area contributed by atoms with Crippen LogP contribution >= 0.6 is 0 Å². The minimum atomic E-state index is -4.67. The quantitative estimate of drug-likeness (QED) is 0.0775. The number of ether oxygens (including phenoxy) is 2. The standard InChI is InChI=1S/C33H34N4O6.2H2O4S.2H2O/c1-20(2)42-32(38)27-21(3)35-31(34)29(28(27)24-15-10-16-25(17-24)37(40)41)33(39)43-26-18-36(19-26)30(22-11-6-4-7-12-22)23-13-8-5-9-14-23;2*1-5(2,3)4;;/h4-17,20,26,28,30,35H,18-19,34H2,1-3H3;2*(H2,1,2,3,4);2*1H2/t28-;;;;/m1..../s1. The molecule has 1 saturated heterocycles. The van der Waals surface area contributed by atoms with E-state index >= 15 is 0 Å². The smallest absolute Gasteiger partial charge is 0.394 e. The monoisotopic (exact) mass is 814 g/mol. The first-order valence-corrected chi connectivity index (χ1v) is 18.3. The molecule has 2 aliphatic rings. The minimum absolute atomic E-state index is 0. The number of non-ortho nitro benzene ring substituents is 1. The van der Waals surface area contributed by atoms with E-state index in [0.717, 1.165) is 11.1 Å². The summed E-state index contributed by atoms with van der Waals surface area (Å²) in [6.45, 7) is 6.05. The van der Waals surface area contributed by atoms with Gasteiger partial charge in [-0.15, -0.1) is 0 Å². The van der Waals surface area contributed by atoms with Gasteiger partial charge in [-0.25, -0.2) is 9.59 Å². The summed E-state index contributed by atoms with van der Waals surface area (Å²) in [5.41, 5.74) is 9.31. The lowest BCUT2D eigenvalue weighted by Crippen LogP contribution is -2.54. The van der Waals surface area contributed by atoms with Crippen LogP contribution in [0.3, 0.4) is 0 Å².